The Hall–Kier alpha value is -2.77. The van der Waals surface area contributed by atoms with E-state index in [0.717, 1.165) is 19.3 Å². The predicted octanol–water partition coefficient (Wildman–Crippen LogP) is 3.04. The standard InChI is InChI=1S/C18H20FN3O4/c1-11(18(24)25)17(23)22-10-4-2-3-5-14(22)15-20-16(26-21-15)12-6-8-13(19)9-7-12/h6-9,11,14H,2-5,10H2,1H3,(H,24,25). The van der Waals surface area contributed by atoms with E-state index in [2.05, 4.69) is 10.1 Å². The number of rotatable bonds is 4. The fourth-order valence-electron chi connectivity index (χ4n) is 3.07. The van der Waals surface area contributed by atoms with Gasteiger partial charge in [0, 0.05) is 12.1 Å². The Balaban J connectivity index is 1.88. The minimum atomic E-state index is -1.15. The maximum atomic E-state index is 13.1. The Bertz CT molecular complexity index is 790. The van der Waals surface area contributed by atoms with Gasteiger partial charge in [-0.25, -0.2) is 4.39 Å². The van der Waals surface area contributed by atoms with Crippen molar-refractivity contribution in [3.63, 3.8) is 0 Å². The number of halogens is 1. The lowest BCUT2D eigenvalue weighted by Gasteiger charge is -2.29. The van der Waals surface area contributed by atoms with Crippen LogP contribution in [0.25, 0.3) is 11.5 Å². The number of aromatic nitrogens is 2. The van der Waals surface area contributed by atoms with E-state index in [4.69, 9.17) is 9.63 Å². The van der Waals surface area contributed by atoms with Crippen LogP contribution in [0.1, 0.15) is 44.5 Å². The summed E-state index contributed by atoms with van der Waals surface area (Å²) in [5.41, 5.74) is 0.579. The van der Waals surface area contributed by atoms with Crippen LogP contribution in [0.15, 0.2) is 28.8 Å². The first-order valence-electron chi connectivity index (χ1n) is 8.60. The van der Waals surface area contributed by atoms with Crippen molar-refractivity contribution in [1.29, 1.82) is 0 Å². The van der Waals surface area contributed by atoms with Gasteiger partial charge in [0.15, 0.2) is 5.82 Å². The third kappa shape index (κ3) is 3.74. The first-order chi connectivity index (χ1) is 12.5. The van der Waals surface area contributed by atoms with Crippen molar-refractivity contribution in [2.24, 2.45) is 5.92 Å². The fourth-order valence-corrected chi connectivity index (χ4v) is 3.07. The highest BCUT2D eigenvalue weighted by atomic mass is 19.1. The number of likely N-dealkylation sites (tertiary alicyclic amines) is 1. The molecule has 1 aliphatic rings. The van der Waals surface area contributed by atoms with E-state index in [0.29, 0.717) is 24.4 Å². The third-order valence-corrected chi connectivity index (χ3v) is 4.61. The number of carboxylic acid groups (broad SMARTS) is 1. The molecule has 0 bridgehead atoms. The van der Waals surface area contributed by atoms with Crippen LogP contribution in [0.5, 0.6) is 0 Å². The molecule has 2 unspecified atom stereocenters. The lowest BCUT2D eigenvalue weighted by atomic mass is 10.1. The van der Waals surface area contributed by atoms with E-state index in [9.17, 15) is 14.0 Å². The van der Waals surface area contributed by atoms with Crippen molar-refractivity contribution < 1.29 is 23.6 Å². The van der Waals surface area contributed by atoms with Gasteiger partial charge in [-0.15, -0.1) is 0 Å². The molecule has 0 spiro atoms. The van der Waals surface area contributed by atoms with Crippen molar-refractivity contribution in [2.45, 2.75) is 38.6 Å². The molecule has 138 valence electrons. The highest BCUT2D eigenvalue weighted by molar-refractivity contribution is 5.96. The maximum absolute atomic E-state index is 13.1. The molecule has 8 heteroatoms. The van der Waals surface area contributed by atoms with Gasteiger partial charge in [-0.05, 0) is 44.0 Å². The summed E-state index contributed by atoms with van der Waals surface area (Å²) in [7, 11) is 0. The summed E-state index contributed by atoms with van der Waals surface area (Å²) in [6, 6.07) is 5.25. The SMILES string of the molecule is CC(C(=O)O)C(=O)N1CCCCCC1c1noc(-c2ccc(F)cc2)n1. The van der Waals surface area contributed by atoms with Crippen LogP contribution in [0.4, 0.5) is 4.39 Å². The average molecular weight is 361 g/mol. The van der Waals surface area contributed by atoms with E-state index < -0.39 is 23.8 Å². The van der Waals surface area contributed by atoms with E-state index in [-0.39, 0.29) is 11.7 Å². The molecule has 2 heterocycles. The highest BCUT2D eigenvalue weighted by Gasteiger charge is 2.35. The quantitative estimate of drug-likeness (QED) is 0.841. The second-order valence-electron chi connectivity index (χ2n) is 6.42. The summed E-state index contributed by atoms with van der Waals surface area (Å²) in [4.78, 5) is 29.7. The molecule has 1 saturated heterocycles. The van der Waals surface area contributed by atoms with Crippen molar-refractivity contribution in [3.8, 4) is 11.5 Å². The van der Waals surface area contributed by atoms with E-state index in [1.807, 2.05) is 0 Å². The average Bonchev–Trinajstić information content (AvgIpc) is 2.98. The second-order valence-corrected chi connectivity index (χ2v) is 6.42. The van der Waals surface area contributed by atoms with Crippen molar-refractivity contribution in [1.82, 2.24) is 15.0 Å². The molecule has 26 heavy (non-hydrogen) atoms. The van der Waals surface area contributed by atoms with Gasteiger partial charge >= 0.3 is 5.97 Å². The Morgan fingerprint density at radius 2 is 2.00 bits per heavy atom. The Morgan fingerprint density at radius 3 is 2.69 bits per heavy atom. The largest absolute Gasteiger partial charge is 0.481 e. The topological polar surface area (TPSA) is 96.5 Å². The summed E-state index contributed by atoms with van der Waals surface area (Å²) in [6.07, 6.45) is 3.28. The number of nitrogens with zero attached hydrogens (tertiary/aromatic N) is 3. The molecule has 0 saturated carbocycles. The molecular formula is C18H20FN3O4. The van der Waals surface area contributed by atoms with Gasteiger partial charge in [0.25, 0.3) is 5.89 Å². The Morgan fingerprint density at radius 1 is 1.27 bits per heavy atom. The molecule has 1 N–H and O–H groups in total. The molecule has 0 radical (unpaired) electrons. The minimum Gasteiger partial charge on any atom is -0.481 e. The number of carboxylic acids is 1. The highest BCUT2D eigenvalue weighted by Crippen LogP contribution is 2.31. The van der Waals surface area contributed by atoms with Crippen LogP contribution in [-0.4, -0.2) is 38.6 Å². The number of hydrogen-bond acceptors (Lipinski definition) is 5. The first kappa shape index (κ1) is 18.0. The van der Waals surface area contributed by atoms with Crippen molar-refractivity contribution in [2.75, 3.05) is 6.54 Å². The predicted molar refractivity (Wildman–Crippen MR) is 89.4 cm³/mol. The molecule has 1 aliphatic heterocycles. The zero-order chi connectivity index (χ0) is 18.7. The molecule has 1 amide bonds. The van der Waals surface area contributed by atoms with Crippen LogP contribution >= 0.6 is 0 Å². The summed E-state index contributed by atoms with van der Waals surface area (Å²) in [5, 5.41) is 13.2. The monoisotopic (exact) mass is 361 g/mol. The van der Waals surface area contributed by atoms with E-state index >= 15 is 0 Å². The minimum absolute atomic E-state index is 0.239. The molecule has 3 rings (SSSR count). The molecule has 0 aliphatic carbocycles. The Kier molecular flexibility index (Phi) is 5.29. The second kappa shape index (κ2) is 7.63. The number of carbonyl (C=O) groups excluding carboxylic acids is 1. The summed E-state index contributed by atoms with van der Waals surface area (Å²) in [6.45, 7) is 1.84. The molecule has 1 aromatic carbocycles. The van der Waals surface area contributed by atoms with Crippen LogP contribution in [0.3, 0.4) is 0 Å². The number of amides is 1. The lowest BCUT2D eigenvalue weighted by molar-refractivity contribution is -0.151. The molecule has 1 fully saturated rings. The van der Waals surface area contributed by atoms with Gasteiger partial charge in [0.1, 0.15) is 11.7 Å². The molecule has 2 atom stereocenters. The van der Waals surface area contributed by atoms with Gasteiger partial charge in [0.05, 0.1) is 6.04 Å². The van der Waals surface area contributed by atoms with Gasteiger partial charge in [-0.3, -0.25) is 9.59 Å². The van der Waals surface area contributed by atoms with Gasteiger partial charge in [0.2, 0.25) is 5.91 Å². The van der Waals surface area contributed by atoms with Crippen molar-refractivity contribution in [3.05, 3.63) is 35.9 Å². The number of benzene rings is 1. The third-order valence-electron chi connectivity index (χ3n) is 4.61. The fraction of sp³-hybridized carbons (Fsp3) is 0.444. The summed E-state index contributed by atoms with van der Waals surface area (Å²) < 4.78 is 18.3. The maximum Gasteiger partial charge on any atom is 0.315 e. The van der Waals surface area contributed by atoms with E-state index in [1.54, 1.807) is 4.90 Å². The normalized spacial score (nSPS) is 19.0. The van der Waals surface area contributed by atoms with Gasteiger partial charge in [-0.1, -0.05) is 18.0 Å². The summed E-state index contributed by atoms with van der Waals surface area (Å²) >= 11 is 0. The van der Waals surface area contributed by atoms with Crippen LogP contribution < -0.4 is 0 Å². The smallest absolute Gasteiger partial charge is 0.315 e. The van der Waals surface area contributed by atoms with Crippen LogP contribution in [0.2, 0.25) is 0 Å². The van der Waals surface area contributed by atoms with Crippen LogP contribution in [-0.2, 0) is 9.59 Å². The molecular weight excluding hydrogens is 341 g/mol. The number of hydrogen-bond donors (Lipinski definition) is 1. The molecule has 1 aromatic heterocycles. The van der Waals surface area contributed by atoms with Gasteiger partial charge < -0.3 is 14.5 Å². The zero-order valence-electron chi connectivity index (χ0n) is 14.4. The van der Waals surface area contributed by atoms with Crippen LogP contribution in [0, 0.1) is 11.7 Å². The lowest BCUT2D eigenvalue weighted by Crippen LogP contribution is -2.41. The van der Waals surface area contributed by atoms with Gasteiger partial charge in [-0.2, -0.15) is 4.98 Å². The Labute approximate surface area is 149 Å². The number of aliphatic carboxylic acids is 1. The zero-order valence-corrected chi connectivity index (χ0v) is 14.4. The number of carbonyl (C=O) groups is 2. The molecule has 7 nitrogen and oxygen atoms in total. The summed E-state index contributed by atoms with van der Waals surface area (Å²) in [5.74, 6) is -2.51. The first-order valence-corrected chi connectivity index (χ1v) is 8.60. The van der Waals surface area contributed by atoms with E-state index in [1.165, 1.54) is 31.2 Å². The molecule has 2 aromatic rings. The van der Waals surface area contributed by atoms with Crippen molar-refractivity contribution >= 4 is 11.9 Å².